The molecule has 1 aliphatic heterocycles. The molecule has 13 nitrogen and oxygen atoms in total. The molecule has 5 rings (SSSR count). The van der Waals surface area contributed by atoms with E-state index in [2.05, 4.69) is 24.7 Å². The largest absolute Gasteiger partial charge is 0.493 e. The smallest absolute Gasteiger partial charge is 0.419 e. The molecule has 0 atom stereocenters. The van der Waals surface area contributed by atoms with Gasteiger partial charge in [-0.3, -0.25) is 4.72 Å². The Morgan fingerprint density at radius 1 is 0.936 bits per heavy atom. The van der Waals surface area contributed by atoms with Crippen molar-refractivity contribution < 1.29 is 45.3 Å². The SMILES string of the molecule is COc1ccccc1Oc1c(NS(=O)(=O)/C=C/c2ccccc2)nc(N2CCOCC2)nc1OCCOc1ncc(C(F)(F)F)cn1. The summed E-state index contributed by atoms with van der Waals surface area (Å²) in [5.74, 6) is 0.0936. The van der Waals surface area contributed by atoms with Crippen molar-refractivity contribution in [2.75, 3.05) is 56.2 Å². The van der Waals surface area contributed by atoms with Crippen molar-refractivity contribution in [2.45, 2.75) is 6.18 Å². The van der Waals surface area contributed by atoms with Crippen molar-refractivity contribution in [1.82, 2.24) is 19.9 Å². The summed E-state index contributed by atoms with van der Waals surface area (Å²) in [4.78, 5) is 18.0. The van der Waals surface area contributed by atoms with Gasteiger partial charge in [-0.05, 0) is 23.8 Å². The number of morpholine rings is 1. The molecule has 0 unspecified atom stereocenters. The Hall–Kier alpha value is -5.16. The lowest BCUT2D eigenvalue weighted by atomic mass is 10.2. The summed E-state index contributed by atoms with van der Waals surface area (Å²) in [6.07, 6.45) is -1.97. The highest BCUT2D eigenvalue weighted by Gasteiger charge is 2.31. The van der Waals surface area contributed by atoms with E-state index in [0.717, 1.165) is 5.41 Å². The van der Waals surface area contributed by atoms with Gasteiger partial charge >= 0.3 is 12.2 Å². The lowest BCUT2D eigenvalue weighted by molar-refractivity contribution is -0.138. The van der Waals surface area contributed by atoms with Crippen LogP contribution in [0.2, 0.25) is 0 Å². The van der Waals surface area contributed by atoms with Crippen molar-refractivity contribution >= 4 is 27.9 Å². The van der Waals surface area contributed by atoms with Gasteiger partial charge in [-0.1, -0.05) is 42.5 Å². The molecule has 0 bridgehead atoms. The maximum atomic E-state index is 13.3. The number of para-hydroxylation sites is 2. The number of aromatic nitrogens is 4. The Labute approximate surface area is 268 Å². The monoisotopic (exact) mass is 674 g/mol. The van der Waals surface area contributed by atoms with Crippen molar-refractivity contribution in [3.63, 3.8) is 0 Å². The van der Waals surface area contributed by atoms with Gasteiger partial charge in [0.2, 0.25) is 11.7 Å². The molecule has 3 heterocycles. The van der Waals surface area contributed by atoms with Crippen LogP contribution in [0.15, 0.2) is 72.4 Å². The van der Waals surface area contributed by atoms with Crippen LogP contribution in [-0.2, 0) is 20.9 Å². The number of hydrogen-bond acceptors (Lipinski definition) is 12. The Balaban J connectivity index is 1.46. The minimum Gasteiger partial charge on any atom is -0.493 e. The lowest BCUT2D eigenvalue weighted by Gasteiger charge is -2.28. The molecule has 1 saturated heterocycles. The Bertz CT molecular complexity index is 1770. The quantitative estimate of drug-likeness (QED) is 0.195. The number of ether oxygens (including phenoxy) is 5. The van der Waals surface area contributed by atoms with E-state index in [-0.39, 0.29) is 48.4 Å². The second kappa shape index (κ2) is 15.0. The van der Waals surface area contributed by atoms with Crippen LogP contribution < -0.4 is 28.6 Å². The molecule has 0 spiro atoms. The number of nitrogens with zero attached hydrogens (tertiary/aromatic N) is 5. The van der Waals surface area contributed by atoms with E-state index in [1.807, 2.05) is 6.07 Å². The van der Waals surface area contributed by atoms with E-state index in [9.17, 15) is 21.6 Å². The average Bonchev–Trinajstić information content (AvgIpc) is 3.07. The van der Waals surface area contributed by atoms with Crippen LogP contribution in [0.5, 0.6) is 29.1 Å². The predicted molar refractivity (Wildman–Crippen MR) is 164 cm³/mol. The van der Waals surface area contributed by atoms with Gasteiger partial charge in [-0.2, -0.15) is 23.1 Å². The molecule has 0 amide bonds. The first-order valence-corrected chi connectivity index (χ1v) is 15.6. The summed E-state index contributed by atoms with van der Waals surface area (Å²) in [6.45, 7) is 1.19. The number of methoxy groups -OCH3 is 1. The standard InChI is InChI=1S/C30H29F3N6O7S/c1-42-23-9-5-6-10-24(23)46-25-26(38-47(40,41)18-11-21-7-3-2-4-8-21)36-28(39-12-14-43-15-13-39)37-27(25)44-16-17-45-29-34-19-22(20-35-29)30(31,32)33/h2-11,18-20H,12-17H2,1H3,(H,36,37,38)/b18-11+. The molecular formula is C30H29F3N6O7S. The van der Waals surface area contributed by atoms with Crippen molar-refractivity contribution in [3.8, 4) is 29.1 Å². The molecule has 17 heteroatoms. The van der Waals surface area contributed by atoms with Crippen LogP contribution in [-0.4, -0.2) is 75.0 Å². The molecule has 248 valence electrons. The Kier molecular flexibility index (Phi) is 10.6. The highest BCUT2D eigenvalue weighted by atomic mass is 32.2. The maximum Gasteiger partial charge on any atom is 0.419 e. The van der Waals surface area contributed by atoms with Gasteiger partial charge in [-0.25, -0.2) is 18.4 Å². The third-order valence-electron chi connectivity index (χ3n) is 6.38. The Morgan fingerprint density at radius 2 is 1.60 bits per heavy atom. The first-order valence-electron chi connectivity index (χ1n) is 14.1. The highest BCUT2D eigenvalue weighted by molar-refractivity contribution is 7.95. The second-order valence-corrected chi connectivity index (χ2v) is 11.2. The van der Waals surface area contributed by atoms with Gasteiger partial charge in [-0.15, -0.1) is 0 Å². The van der Waals surface area contributed by atoms with Gasteiger partial charge in [0.1, 0.15) is 13.2 Å². The third-order valence-corrected chi connectivity index (χ3v) is 7.36. The number of sulfonamides is 1. The number of hydrogen-bond donors (Lipinski definition) is 1. The summed E-state index contributed by atoms with van der Waals surface area (Å²) in [7, 11) is -2.71. The van der Waals surface area contributed by atoms with Crippen LogP contribution in [0, 0.1) is 0 Å². The van der Waals surface area contributed by atoms with Crippen molar-refractivity contribution in [1.29, 1.82) is 0 Å². The molecule has 1 fully saturated rings. The summed E-state index contributed by atoms with van der Waals surface area (Å²) in [5, 5.41) is 0.990. The molecule has 1 N–H and O–H groups in total. The van der Waals surface area contributed by atoms with Gasteiger partial charge in [0.25, 0.3) is 15.9 Å². The number of halogens is 3. The number of alkyl halides is 3. The molecule has 2 aromatic heterocycles. The first-order chi connectivity index (χ1) is 22.6. The van der Waals surface area contributed by atoms with Crippen LogP contribution in [0.4, 0.5) is 24.9 Å². The van der Waals surface area contributed by atoms with Gasteiger partial charge < -0.3 is 28.6 Å². The fraction of sp³-hybridized carbons (Fsp3) is 0.267. The molecule has 2 aromatic carbocycles. The van der Waals surface area contributed by atoms with E-state index in [4.69, 9.17) is 23.7 Å². The Morgan fingerprint density at radius 3 is 2.28 bits per heavy atom. The van der Waals surface area contributed by atoms with E-state index in [1.165, 1.54) is 13.2 Å². The summed E-state index contributed by atoms with van der Waals surface area (Å²) >= 11 is 0. The molecule has 47 heavy (non-hydrogen) atoms. The normalized spacial score (nSPS) is 13.7. The van der Waals surface area contributed by atoms with Gasteiger partial charge in [0.05, 0.1) is 31.3 Å². The first kappa shape index (κ1) is 33.2. The number of anilines is 2. The molecule has 0 saturated carbocycles. The zero-order valence-electron chi connectivity index (χ0n) is 24.9. The molecule has 0 aliphatic carbocycles. The molecule has 4 aromatic rings. The van der Waals surface area contributed by atoms with E-state index >= 15 is 0 Å². The predicted octanol–water partition coefficient (Wildman–Crippen LogP) is 4.79. The highest BCUT2D eigenvalue weighted by Crippen LogP contribution is 2.41. The molecule has 0 radical (unpaired) electrons. The van der Waals surface area contributed by atoms with Crippen LogP contribution >= 0.6 is 0 Å². The van der Waals surface area contributed by atoms with Crippen LogP contribution in [0.3, 0.4) is 0 Å². The van der Waals surface area contributed by atoms with E-state index < -0.39 is 21.8 Å². The lowest BCUT2D eigenvalue weighted by Crippen LogP contribution is -2.37. The molecule has 1 aliphatic rings. The fourth-order valence-electron chi connectivity index (χ4n) is 4.10. The van der Waals surface area contributed by atoms with E-state index in [1.54, 1.807) is 53.4 Å². The minimum absolute atomic E-state index is 0.132. The van der Waals surface area contributed by atoms with Crippen molar-refractivity contribution in [2.24, 2.45) is 0 Å². The van der Waals surface area contributed by atoms with Crippen molar-refractivity contribution in [3.05, 3.63) is 83.5 Å². The number of nitrogens with one attached hydrogen (secondary N) is 1. The zero-order chi connectivity index (χ0) is 33.3. The van der Waals surface area contributed by atoms with Crippen LogP contribution in [0.1, 0.15) is 11.1 Å². The second-order valence-electron chi connectivity index (χ2n) is 9.67. The topological polar surface area (TPSA) is 147 Å². The minimum atomic E-state index is -4.60. The maximum absolute atomic E-state index is 13.3. The van der Waals surface area contributed by atoms with Crippen LogP contribution in [0.25, 0.3) is 6.08 Å². The number of rotatable bonds is 13. The summed E-state index contributed by atoms with van der Waals surface area (Å²) in [6, 6.07) is 15.2. The van der Waals surface area contributed by atoms with Gasteiger partial charge in [0.15, 0.2) is 17.3 Å². The zero-order valence-corrected chi connectivity index (χ0v) is 25.7. The summed E-state index contributed by atoms with van der Waals surface area (Å²) < 4.78 is 95.8. The molecular weight excluding hydrogens is 645 g/mol. The average molecular weight is 675 g/mol. The fourth-order valence-corrected chi connectivity index (χ4v) is 4.92. The summed E-state index contributed by atoms with van der Waals surface area (Å²) in [5.41, 5.74) is -0.370. The van der Waals surface area contributed by atoms with Gasteiger partial charge in [0, 0.05) is 25.5 Å². The van der Waals surface area contributed by atoms with E-state index in [0.29, 0.717) is 50.0 Å². The third kappa shape index (κ3) is 9.20. The number of benzene rings is 2.